The number of rotatable bonds is 3. The predicted octanol–water partition coefficient (Wildman–Crippen LogP) is 2.97. The molecule has 3 nitrogen and oxygen atoms in total. The van der Waals surface area contributed by atoms with Crippen LogP contribution < -0.4 is 0 Å². The first-order valence-electron chi connectivity index (χ1n) is 5.29. The Balaban J connectivity index is 2.46. The van der Waals surface area contributed by atoms with Gasteiger partial charge < -0.3 is 9.64 Å². The largest absolute Gasteiger partial charge is 0.433 e. The second-order valence-electron chi connectivity index (χ2n) is 3.60. The highest BCUT2D eigenvalue weighted by molar-refractivity contribution is 6.17. The molecule has 0 N–H and O–H groups in total. The first-order valence-corrected chi connectivity index (χ1v) is 5.82. The molecule has 1 saturated carbocycles. The van der Waals surface area contributed by atoms with Crippen molar-refractivity contribution in [2.75, 3.05) is 12.6 Å². The van der Waals surface area contributed by atoms with Crippen molar-refractivity contribution >= 4 is 17.7 Å². The van der Waals surface area contributed by atoms with Gasteiger partial charge in [-0.2, -0.15) is 0 Å². The molecule has 82 valence electrons. The Morgan fingerprint density at radius 2 is 2.07 bits per heavy atom. The second-order valence-corrected chi connectivity index (χ2v) is 3.82. The van der Waals surface area contributed by atoms with E-state index in [4.69, 9.17) is 16.3 Å². The number of carbonyl (C=O) groups excluding carboxylic acids is 1. The van der Waals surface area contributed by atoms with Gasteiger partial charge in [0.15, 0.2) is 6.07 Å². The fraction of sp³-hybridized carbons (Fsp3) is 0.900. The fourth-order valence-electron chi connectivity index (χ4n) is 2.06. The highest BCUT2D eigenvalue weighted by Crippen LogP contribution is 2.22. The third-order valence-electron chi connectivity index (χ3n) is 2.77. The van der Waals surface area contributed by atoms with E-state index in [2.05, 4.69) is 0 Å². The number of hydrogen-bond acceptors (Lipinski definition) is 2. The van der Waals surface area contributed by atoms with E-state index < -0.39 is 0 Å². The molecule has 0 heterocycles. The summed E-state index contributed by atoms with van der Waals surface area (Å²) in [7, 11) is 0. The maximum absolute atomic E-state index is 11.5. The monoisotopic (exact) mass is 219 g/mol. The topological polar surface area (TPSA) is 29.5 Å². The average molecular weight is 220 g/mol. The van der Waals surface area contributed by atoms with Crippen LogP contribution in [0.1, 0.15) is 39.0 Å². The van der Waals surface area contributed by atoms with Crippen LogP contribution in [0.15, 0.2) is 0 Å². The van der Waals surface area contributed by atoms with Crippen molar-refractivity contribution < 1.29 is 9.53 Å². The Labute approximate surface area is 90.4 Å². The minimum atomic E-state index is -0.269. The smallest absolute Gasteiger partial charge is 0.411 e. The van der Waals surface area contributed by atoms with E-state index in [1.165, 1.54) is 19.3 Å². The van der Waals surface area contributed by atoms with Crippen molar-refractivity contribution in [3.05, 3.63) is 0 Å². The van der Waals surface area contributed by atoms with Gasteiger partial charge in [-0.05, 0) is 19.8 Å². The van der Waals surface area contributed by atoms with Crippen LogP contribution in [0.3, 0.4) is 0 Å². The van der Waals surface area contributed by atoms with Gasteiger partial charge in [0.1, 0.15) is 0 Å². The molecule has 14 heavy (non-hydrogen) atoms. The maximum Gasteiger partial charge on any atom is 0.411 e. The van der Waals surface area contributed by atoms with Gasteiger partial charge in [0.2, 0.25) is 0 Å². The zero-order valence-corrected chi connectivity index (χ0v) is 9.42. The maximum atomic E-state index is 11.5. The van der Waals surface area contributed by atoms with Crippen molar-refractivity contribution in [3.8, 4) is 0 Å². The Hall–Kier alpha value is -0.440. The number of alkyl halides is 1. The predicted molar refractivity (Wildman–Crippen MR) is 56.5 cm³/mol. The molecule has 1 aliphatic rings. The zero-order chi connectivity index (χ0) is 10.4. The SMILES string of the molecule is CCN(C(=O)OCCl)C1CCCCC1. The molecule has 0 unspecified atom stereocenters. The van der Waals surface area contributed by atoms with Gasteiger partial charge >= 0.3 is 6.09 Å². The summed E-state index contributed by atoms with van der Waals surface area (Å²) in [5.41, 5.74) is 0. The van der Waals surface area contributed by atoms with E-state index in [1.807, 2.05) is 6.92 Å². The minimum absolute atomic E-state index is 0.0535. The van der Waals surface area contributed by atoms with Crippen LogP contribution in [0.4, 0.5) is 4.79 Å². The van der Waals surface area contributed by atoms with Crippen LogP contribution in [-0.2, 0) is 4.74 Å². The summed E-state index contributed by atoms with van der Waals surface area (Å²) in [5.74, 6) is 0. The molecule has 0 radical (unpaired) electrons. The van der Waals surface area contributed by atoms with E-state index in [9.17, 15) is 4.79 Å². The molecule has 1 amide bonds. The number of hydrogen-bond donors (Lipinski definition) is 0. The van der Waals surface area contributed by atoms with Crippen LogP contribution in [0, 0.1) is 0 Å². The van der Waals surface area contributed by atoms with Gasteiger partial charge in [-0.3, -0.25) is 0 Å². The summed E-state index contributed by atoms with van der Waals surface area (Å²) in [6.45, 7) is 2.69. The summed E-state index contributed by atoms with van der Waals surface area (Å²) in [5, 5.41) is 0. The van der Waals surface area contributed by atoms with Gasteiger partial charge in [0.05, 0.1) is 0 Å². The van der Waals surface area contributed by atoms with E-state index in [-0.39, 0.29) is 12.2 Å². The molecule has 0 aromatic heterocycles. The molecule has 0 spiro atoms. The molecule has 0 aromatic rings. The third kappa shape index (κ3) is 3.05. The zero-order valence-electron chi connectivity index (χ0n) is 8.67. The molecule has 0 aromatic carbocycles. The summed E-state index contributed by atoms with van der Waals surface area (Å²) < 4.78 is 4.80. The number of carbonyl (C=O) groups is 1. The molecule has 4 heteroatoms. The van der Waals surface area contributed by atoms with Gasteiger partial charge in [-0.25, -0.2) is 4.79 Å². The van der Waals surface area contributed by atoms with E-state index in [1.54, 1.807) is 4.90 Å². The van der Waals surface area contributed by atoms with E-state index in [0.29, 0.717) is 12.6 Å². The van der Waals surface area contributed by atoms with Crippen LogP contribution >= 0.6 is 11.6 Å². The lowest BCUT2D eigenvalue weighted by Crippen LogP contribution is -2.41. The second kappa shape index (κ2) is 6.12. The Kier molecular flexibility index (Phi) is 5.09. The number of halogens is 1. The van der Waals surface area contributed by atoms with Crippen LogP contribution in [0.5, 0.6) is 0 Å². The third-order valence-corrected chi connectivity index (χ3v) is 2.88. The van der Waals surface area contributed by atoms with Crippen LogP contribution in [0.2, 0.25) is 0 Å². The Morgan fingerprint density at radius 3 is 2.57 bits per heavy atom. The highest BCUT2D eigenvalue weighted by atomic mass is 35.5. The minimum Gasteiger partial charge on any atom is -0.433 e. The molecule has 1 rings (SSSR count). The van der Waals surface area contributed by atoms with E-state index >= 15 is 0 Å². The molecule has 0 saturated heterocycles. The average Bonchev–Trinajstić information content (AvgIpc) is 2.21. The van der Waals surface area contributed by atoms with Crippen molar-refractivity contribution in [1.29, 1.82) is 0 Å². The quantitative estimate of drug-likeness (QED) is 0.683. The van der Waals surface area contributed by atoms with E-state index in [0.717, 1.165) is 12.8 Å². The van der Waals surface area contributed by atoms with Crippen molar-refractivity contribution in [2.24, 2.45) is 0 Å². The number of nitrogens with zero attached hydrogens (tertiary/aromatic N) is 1. The van der Waals surface area contributed by atoms with Crippen molar-refractivity contribution in [3.63, 3.8) is 0 Å². The van der Waals surface area contributed by atoms with Crippen LogP contribution in [-0.4, -0.2) is 29.6 Å². The number of ether oxygens (including phenoxy) is 1. The summed E-state index contributed by atoms with van der Waals surface area (Å²) in [6.07, 6.45) is 5.66. The standard InChI is InChI=1S/C10H18ClNO2/c1-2-12(10(13)14-8-11)9-6-4-3-5-7-9/h9H,2-8H2,1H3. The fourth-order valence-corrected chi connectivity index (χ4v) is 2.15. The molecule has 1 aliphatic carbocycles. The van der Waals surface area contributed by atoms with Gasteiger partial charge in [0.25, 0.3) is 0 Å². The van der Waals surface area contributed by atoms with Crippen molar-refractivity contribution in [2.45, 2.75) is 45.1 Å². The molecule has 0 bridgehead atoms. The molecule has 0 atom stereocenters. The lowest BCUT2D eigenvalue weighted by molar-refractivity contribution is 0.0920. The van der Waals surface area contributed by atoms with Gasteiger partial charge in [-0.1, -0.05) is 30.9 Å². The van der Waals surface area contributed by atoms with Gasteiger partial charge in [0, 0.05) is 12.6 Å². The molecule has 1 fully saturated rings. The lowest BCUT2D eigenvalue weighted by Gasteiger charge is -2.32. The molecular formula is C10H18ClNO2. The Bertz CT molecular complexity index is 181. The summed E-state index contributed by atoms with van der Waals surface area (Å²) >= 11 is 5.37. The van der Waals surface area contributed by atoms with Crippen molar-refractivity contribution in [1.82, 2.24) is 4.90 Å². The first kappa shape index (κ1) is 11.6. The normalized spacial score (nSPS) is 17.9. The highest BCUT2D eigenvalue weighted by Gasteiger charge is 2.24. The van der Waals surface area contributed by atoms with Crippen LogP contribution in [0.25, 0.3) is 0 Å². The number of amides is 1. The first-order chi connectivity index (χ1) is 6.79. The molecule has 0 aliphatic heterocycles. The Morgan fingerprint density at radius 1 is 1.43 bits per heavy atom. The summed E-state index contributed by atoms with van der Waals surface area (Å²) in [6, 6.07) is 0.312. The van der Waals surface area contributed by atoms with Gasteiger partial charge in [-0.15, -0.1) is 0 Å². The summed E-state index contributed by atoms with van der Waals surface area (Å²) in [4.78, 5) is 13.3. The molecular weight excluding hydrogens is 202 g/mol. The lowest BCUT2D eigenvalue weighted by atomic mass is 9.94.